The van der Waals surface area contributed by atoms with Crippen LogP contribution in [-0.2, 0) is 6.54 Å². The molecule has 0 fully saturated rings. The van der Waals surface area contributed by atoms with Crippen molar-refractivity contribution in [3.05, 3.63) is 22.1 Å². The second-order valence-electron chi connectivity index (χ2n) is 4.08. The van der Waals surface area contributed by atoms with Gasteiger partial charge in [0.2, 0.25) is 0 Å². The molecule has 0 aromatic carbocycles. The number of aliphatic hydroxyl groups excluding tert-OH is 1. The van der Waals surface area contributed by atoms with Gasteiger partial charge in [0.1, 0.15) is 12.7 Å². The van der Waals surface area contributed by atoms with Crippen LogP contribution in [0.4, 0.5) is 5.82 Å². The number of likely N-dealkylation sites (N-methyl/N-ethyl adjacent to an activating group) is 1. The first kappa shape index (κ1) is 13.6. The molecule has 7 heteroatoms. The van der Waals surface area contributed by atoms with Crippen molar-refractivity contribution in [1.82, 2.24) is 14.5 Å². The van der Waals surface area contributed by atoms with Gasteiger partial charge in [-0.25, -0.2) is 9.55 Å². The maximum Gasteiger partial charge on any atom is 0.342 e. The summed E-state index contributed by atoms with van der Waals surface area (Å²) in [5.41, 5.74) is 0. The van der Waals surface area contributed by atoms with Crippen molar-refractivity contribution >= 4 is 5.82 Å². The highest BCUT2D eigenvalue weighted by molar-refractivity contribution is 5.18. The van der Waals surface area contributed by atoms with Crippen molar-refractivity contribution in [1.29, 1.82) is 0 Å². The highest BCUT2D eigenvalue weighted by Gasteiger charge is 2.18. The third-order valence-corrected chi connectivity index (χ3v) is 2.91. The number of nitrogens with zero attached hydrogens (tertiary/aromatic N) is 4. The zero-order chi connectivity index (χ0) is 13.0. The average molecular weight is 242 g/mol. The molecule has 17 heavy (non-hydrogen) atoms. The van der Waals surface area contributed by atoms with Crippen molar-refractivity contribution in [2.45, 2.75) is 26.4 Å². The zero-order valence-corrected chi connectivity index (χ0v) is 10.3. The number of aromatic nitrogens is 2. The van der Waals surface area contributed by atoms with Crippen molar-refractivity contribution in [3.8, 4) is 0 Å². The first-order valence-corrected chi connectivity index (χ1v) is 5.45. The summed E-state index contributed by atoms with van der Waals surface area (Å²) in [7, 11) is 1.87. The van der Waals surface area contributed by atoms with E-state index < -0.39 is 4.92 Å². The van der Waals surface area contributed by atoms with E-state index in [1.165, 1.54) is 6.20 Å². The van der Waals surface area contributed by atoms with Crippen molar-refractivity contribution in [3.63, 3.8) is 0 Å². The topological polar surface area (TPSA) is 84.4 Å². The number of nitro groups is 1. The third-order valence-electron chi connectivity index (χ3n) is 2.91. The van der Waals surface area contributed by atoms with Crippen molar-refractivity contribution in [2.75, 3.05) is 20.2 Å². The van der Waals surface area contributed by atoms with Crippen molar-refractivity contribution < 1.29 is 10.0 Å². The summed E-state index contributed by atoms with van der Waals surface area (Å²) in [4.78, 5) is 16.2. The predicted octanol–water partition coefficient (Wildman–Crippen LogP) is 0.412. The molecule has 1 unspecified atom stereocenters. The Hall–Kier alpha value is -1.47. The number of rotatable bonds is 6. The summed E-state index contributed by atoms with van der Waals surface area (Å²) in [6.07, 6.45) is 1.27. The van der Waals surface area contributed by atoms with Gasteiger partial charge in [0.05, 0.1) is 6.61 Å². The normalized spacial score (nSPS) is 13.0. The lowest BCUT2D eigenvalue weighted by Crippen LogP contribution is -2.34. The fourth-order valence-electron chi connectivity index (χ4n) is 1.50. The van der Waals surface area contributed by atoms with Gasteiger partial charge in [-0.2, -0.15) is 0 Å². The molecule has 0 bridgehead atoms. The SMILES string of the molecule is Cc1ncc([N+](=O)[O-])n1CCN(C)C(C)CO. The Labute approximate surface area is 99.8 Å². The van der Waals surface area contributed by atoms with Gasteiger partial charge >= 0.3 is 5.82 Å². The smallest absolute Gasteiger partial charge is 0.342 e. The van der Waals surface area contributed by atoms with Crippen LogP contribution in [0.5, 0.6) is 0 Å². The standard InChI is InChI=1S/C10H18N4O3/c1-8(7-15)12(3)4-5-13-9(2)11-6-10(13)14(16)17/h6,8,15H,4-5,7H2,1-3H3. The summed E-state index contributed by atoms with van der Waals surface area (Å²) in [6, 6.07) is 0.0397. The first-order valence-electron chi connectivity index (χ1n) is 5.45. The largest absolute Gasteiger partial charge is 0.395 e. The Morgan fingerprint density at radius 3 is 2.88 bits per heavy atom. The highest BCUT2D eigenvalue weighted by atomic mass is 16.6. The maximum atomic E-state index is 10.8. The first-order chi connectivity index (χ1) is 7.97. The number of hydrogen-bond donors (Lipinski definition) is 1. The van der Waals surface area contributed by atoms with E-state index in [0.717, 1.165) is 0 Å². The highest BCUT2D eigenvalue weighted by Crippen LogP contribution is 2.13. The van der Waals surface area contributed by atoms with Gasteiger partial charge in [0.15, 0.2) is 5.82 Å². The molecule has 1 rings (SSSR count). The molecule has 0 radical (unpaired) electrons. The minimum atomic E-state index is -0.435. The molecule has 0 spiro atoms. The van der Waals surface area contributed by atoms with E-state index >= 15 is 0 Å². The van der Waals surface area contributed by atoms with Gasteiger partial charge < -0.3 is 15.2 Å². The number of hydrogen-bond acceptors (Lipinski definition) is 5. The van der Waals surface area contributed by atoms with Crippen LogP contribution >= 0.6 is 0 Å². The molecule has 1 atom stereocenters. The maximum absolute atomic E-state index is 10.8. The van der Waals surface area contributed by atoms with E-state index in [1.54, 1.807) is 11.5 Å². The lowest BCUT2D eigenvalue weighted by molar-refractivity contribution is -0.392. The van der Waals surface area contributed by atoms with E-state index in [0.29, 0.717) is 18.9 Å². The average Bonchev–Trinajstić information content (AvgIpc) is 2.66. The van der Waals surface area contributed by atoms with Crippen LogP contribution in [0.2, 0.25) is 0 Å². The molecule has 0 amide bonds. The quantitative estimate of drug-likeness (QED) is 0.577. The van der Waals surface area contributed by atoms with E-state index in [-0.39, 0.29) is 18.5 Å². The molecule has 0 aliphatic heterocycles. The molecular weight excluding hydrogens is 224 g/mol. The molecule has 0 saturated heterocycles. The molecule has 0 saturated carbocycles. The van der Waals surface area contributed by atoms with Crippen LogP contribution in [-0.4, -0.2) is 50.7 Å². The second-order valence-corrected chi connectivity index (χ2v) is 4.08. The molecular formula is C10H18N4O3. The van der Waals surface area contributed by atoms with Crippen LogP contribution in [0.3, 0.4) is 0 Å². The van der Waals surface area contributed by atoms with Crippen LogP contribution in [0.25, 0.3) is 0 Å². The Morgan fingerprint density at radius 2 is 2.35 bits per heavy atom. The van der Waals surface area contributed by atoms with E-state index in [1.807, 2.05) is 18.9 Å². The van der Waals surface area contributed by atoms with Gasteiger partial charge in [0.25, 0.3) is 0 Å². The molecule has 0 aliphatic rings. The Balaban J connectivity index is 2.69. The van der Waals surface area contributed by atoms with Crippen LogP contribution in [0, 0.1) is 17.0 Å². The van der Waals surface area contributed by atoms with Crippen LogP contribution in [0.15, 0.2) is 6.20 Å². The lowest BCUT2D eigenvalue weighted by atomic mass is 10.3. The van der Waals surface area contributed by atoms with Gasteiger partial charge in [-0.15, -0.1) is 0 Å². The lowest BCUT2D eigenvalue weighted by Gasteiger charge is -2.21. The molecule has 1 aromatic heterocycles. The summed E-state index contributed by atoms with van der Waals surface area (Å²) in [6.45, 7) is 4.82. The van der Waals surface area contributed by atoms with Gasteiger partial charge in [-0.3, -0.25) is 4.90 Å². The molecule has 1 N–H and O–H groups in total. The van der Waals surface area contributed by atoms with Gasteiger partial charge in [0, 0.05) is 19.5 Å². The summed E-state index contributed by atoms with van der Waals surface area (Å²) >= 11 is 0. The Morgan fingerprint density at radius 1 is 1.71 bits per heavy atom. The molecule has 0 aliphatic carbocycles. The molecule has 7 nitrogen and oxygen atoms in total. The number of aliphatic hydroxyl groups is 1. The fourth-order valence-corrected chi connectivity index (χ4v) is 1.50. The number of aryl methyl sites for hydroxylation is 1. The van der Waals surface area contributed by atoms with E-state index in [9.17, 15) is 10.1 Å². The monoisotopic (exact) mass is 242 g/mol. The van der Waals surface area contributed by atoms with Gasteiger partial charge in [-0.1, -0.05) is 0 Å². The third kappa shape index (κ3) is 3.24. The van der Waals surface area contributed by atoms with Crippen LogP contribution in [0.1, 0.15) is 12.7 Å². The zero-order valence-electron chi connectivity index (χ0n) is 10.3. The van der Waals surface area contributed by atoms with E-state index in [4.69, 9.17) is 5.11 Å². The fraction of sp³-hybridized carbons (Fsp3) is 0.700. The Bertz CT molecular complexity index is 391. The van der Waals surface area contributed by atoms with Crippen molar-refractivity contribution in [2.24, 2.45) is 0 Å². The predicted molar refractivity (Wildman–Crippen MR) is 62.8 cm³/mol. The molecule has 96 valence electrons. The van der Waals surface area contributed by atoms with Gasteiger partial charge in [-0.05, 0) is 18.9 Å². The molecule has 1 aromatic rings. The molecule has 1 heterocycles. The van der Waals surface area contributed by atoms with Crippen LogP contribution < -0.4 is 0 Å². The van der Waals surface area contributed by atoms with E-state index in [2.05, 4.69) is 4.98 Å². The second kappa shape index (κ2) is 5.74. The minimum Gasteiger partial charge on any atom is -0.395 e. The Kier molecular flexibility index (Phi) is 4.59. The summed E-state index contributed by atoms with van der Waals surface area (Å²) in [5, 5.41) is 19.8. The minimum absolute atomic E-state index is 0.00699. The summed E-state index contributed by atoms with van der Waals surface area (Å²) in [5.74, 6) is 0.634. The number of imidazole rings is 1. The summed E-state index contributed by atoms with van der Waals surface area (Å²) < 4.78 is 1.57.